The van der Waals surface area contributed by atoms with Gasteiger partial charge in [0.2, 0.25) is 15.9 Å². The quantitative estimate of drug-likeness (QED) is 0.564. The Hall–Kier alpha value is -2.69. The lowest BCUT2D eigenvalue weighted by molar-refractivity contribution is -0.117. The molecule has 0 aliphatic carbocycles. The molecule has 1 saturated heterocycles. The van der Waals surface area contributed by atoms with Crippen LogP contribution in [0.1, 0.15) is 19.3 Å². The first-order valence-corrected chi connectivity index (χ1v) is 12.3. The van der Waals surface area contributed by atoms with E-state index in [4.69, 9.17) is 9.47 Å². The molecule has 1 fully saturated rings. The van der Waals surface area contributed by atoms with E-state index in [0.29, 0.717) is 43.4 Å². The van der Waals surface area contributed by atoms with Gasteiger partial charge in [0.1, 0.15) is 23.9 Å². The summed E-state index contributed by atoms with van der Waals surface area (Å²) >= 11 is 0. The first kappa shape index (κ1) is 24.9. The molecule has 0 atom stereocenters. The fraction of sp³-hybridized carbons (Fsp3) is 0.435. The SMILES string of the molecule is COc1ccc(S(=O)(=O)N2CCCCC2)cc1NC(=O)CN(C)CCOc1ccc(F)cc1. The first-order valence-electron chi connectivity index (χ1n) is 10.8. The Morgan fingerprint density at radius 1 is 1.12 bits per heavy atom. The van der Waals surface area contributed by atoms with E-state index in [1.165, 1.54) is 35.7 Å². The minimum absolute atomic E-state index is 0.0685. The van der Waals surface area contributed by atoms with Gasteiger partial charge in [0.05, 0.1) is 24.2 Å². The lowest BCUT2D eigenvalue weighted by atomic mass is 10.2. The van der Waals surface area contributed by atoms with Crippen molar-refractivity contribution in [2.24, 2.45) is 0 Å². The molecular formula is C23H30FN3O5S. The van der Waals surface area contributed by atoms with Crippen LogP contribution < -0.4 is 14.8 Å². The van der Waals surface area contributed by atoms with Crippen molar-refractivity contribution in [2.75, 3.05) is 52.3 Å². The van der Waals surface area contributed by atoms with Crippen molar-refractivity contribution in [3.63, 3.8) is 0 Å². The van der Waals surface area contributed by atoms with Crippen LogP contribution in [0, 0.1) is 5.82 Å². The first-order chi connectivity index (χ1) is 15.8. The number of anilines is 1. The maximum absolute atomic E-state index is 13.0. The Morgan fingerprint density at radius 3 is 2.48 bits per heavy atom. The van der Waals surface area contributed by atoms with Crippen molar-refractivity contribution in [1.29, 1.82) is 0 Å². The Morgan fingerprint density at radius 2 is 1.82 bits per heavy atom. The largest absolute Gasteiger partial charge is 0.495 e. The Labute approximate surface area is 194 Å². The van der Waals surface area contributed by atoms with Crippen LogP contribution in [0.4, 0.5) is 10.1 Å². The number of hydrogen-bond donors (Lipinski definition) is 1. The second-order valence-corrected chi connectivity index (χ2v) is 9.85. The van der Waals surface area contributed by atoms with Gasteiger partial charge in [0.25, 0.3) is 0 Å². The second-order valence-electron chi connectivity index (χ2n) is 7.92. The van der Waals surface area contributed by atoms with Gasteiger partial charge in [-0.05, 0) is 62.4 Å². The number of benzene rings is 2. The number of carbonyl (C=O) groups is 1. The molecule has 1 heterocycles. The molecule has 1 N–H and O–H groups in total. The van der Waals surface area contributed by atoms with Gasteiger partial charge in [0.15, 0.2) is 0 Å². The van der Waals surface area contributed by atoms with Gasteiger partial charge in [-0.2, -0.15) is 4.31 Å². The smallest absolute Gasteiger partial charge is 0.243 e. The van der Waals surface area contributed by atoms with Crippen molar-refractivity contribution in [3.05, 3.63) is 48.3 Å². The molecule has 3 rings (SSSR count). The molecule has 1 aliphatic heterocycles. The standard InChI is InChI=1S/C23H30FN3O5S/c1-26(14-15-32-19-8-6-18(24)7-9-19)17-23(28)25-21-16-20(10-11-22(21)31-2)33(29,30)27-12-4-3-5-13-27/h6-11,16H,3-5,12-15,17H2,1-2H3,(H,25,28). The number of nitrogens with one attached hydrogen (secondary N) is 1. The predicted molar refractivity (Wildman–Crippen MR) is 124 cm³/mol. The molecule has 180 valence electrons. The minimum atomic E-state index is -3.63. The minimum Gasteiger partial charge on any atom is -0.495 e. The zero-order valence-corrected chi connectivity index (χ0v) is 19.7. The number of ether oxygens (including phenoxy) is 2. The number of rotatable bonds is 10. The van der Waals surface area contributed by atoms with E-state index in [1.807, 2.05) is 0 Å². The van der Waals surface area contributed by atoms with Gasteiger partial charge < -0.3 is 14.8 Å². The fourth-order valence-electron chi connectivity index (χ4n) is 3.56. The van der Waals surface area contributed by atoms with Gasteiger partial charge in [-0.15, -0.1) is 0 Å². The third-order valence-electron chi connectivity index (χ3n) is 5.37. The number of sulfonamides is 1. The van der Waals surface area contributed by atoms with E-state index >= 15 is 0 Å². The van der Waals surface area contributed by atoms with Gasteiger partial charge in [0, 0.05) is 19.6 Å². The Balaban J connectivity index is 1.58. The maximum atomic E-state index is 13.0. The van der Waals surface area contributed by atoms with Gasteiger partial charge in [-0.3, -0.25) is 9.69 Å². The number of piperidine rings is 1. The molecule has 1 amide bonds. The average Bonchev–Trinajstić information content (AvgIpc) is 2.80. The summed E-state index contributed by atoms with van der Waals surface area (Å²) in [6.07, 6.45) is 2.71. The van der Waals surface area contributed by atoms with Crippen molar-refractivity contribution >= 4 is 21.6 Å². The lowest BCUT2D eigenvalue weighted by Crippen LogP contribution is -2.35. The molecule has 8 nitrogen and oxygen atoms in total. The molecule has 0 saturated carbocycles. The second kappa shape index (κ2) is 11.4. The monoisotopic (exact) mass is 479 g/mol. The summed E-state index contributed by atoms with van der Waals surface area (Å²) in [6.45, 7) is 1.86. The van der Waals surface area contributed by atoms with Crippen molar-refractivity contribution in [2.45, 2.75) is 24.2 Å². The topological polar surface area (TPSA) is 88.2 Å². The summed E-state index contributed by atoms with van der Waals surface area (Å²) in [6, 6.07) is 10.2. The van der Waals surface area contributed by atoms with Crippen molar-refractivity contribution in [1.82, 2.24) is 9.21 Å². The molecule has 0 unspecified atom stereocenters. The summed E-state index contributed by atoms with van der Waals surface area (Å²) < 4.78 is 51.3. The van der Waals surface area contributed by atoms with Crippen LogP contribution in [0.15, 0.2) is 47.4 Å². The molecule has 2 aromatic carbocycles. The highest BCUT2D eigenvalue weighted by atomic mass is 32.2. The third-order valence-corrected chi connectivity index (χ3v) is 7.26. The summed E-state index contributed by atoms with van der Waals surface area (Å²) in [5, 5.41) is 2.75. The number of nitrogens with zero attached hydrogens (tertiary/aromatic N) is 2. The molecule has 0 radical (unpaired) electrons. The molecule has 0 bridgehead atoms. The van der Waals surface area contributed by atoms with E-state index in [2.05, 4.69) is 5.32 Å². The van der Waals surface area contributed by atoms with E-state index in [0.717, 1.165) is 19.3 Å². The summed E-state index contributed by atoms with van der Waals surface area (Å²) in [7, 11) is -0.406. The Kier molecular flexibility index (Phi) is 8.65. The van der Waals surface area contributed by atoms with Crippen LogP contribution in [0.25, 0.3) is 0 Å². The van der Waals surface area contributed by atoms with Crippen molar-refractivity contribution in [3.8, 4) is 11.5 Å². The normalized spacial score (nSPS) is 14.8. The zero-order chi connectivity index (χ0) is 23.8. The number of hydrogen-bond acceptors (Lipinski definition) is 6. The molecule has 1 aliphatic rings. The van der Waals surface area contributed by atoms with Crippen LogP contribution in [0.3, 0.4) is 0 Å². The molecule has 0 spiro atoms. The van der Waals surface area contributed by atoms with E-state index in [9.17, 15) is 17.6 Å². The number of halogens is 1. The number of carbonyl (C=O) groups excluding carboxylic acids is 1. The molecule has 0 aromatic heterocycles. The van der Waals surface area contributed by atoms with Gasteiger partial charge in [-0.25, -0.2) is 12.8 Å². The summed E-state index contributed by atoms with van der Waals surface area (Å²) in [5.74, 6) is 0.276. The van der Waals surface area contributed by atoms with E-state index < -0.39 is 10.0 Å². The highest BCUT2D eigenvalue weighted by Gasteiger charge is 2.27. The fourth-order valence-corrected chi connectivity index (χ4v) is 5.11. The predicted octanol–water partition coefficient (Wildman–Crippen LogP) is 2.96. The van der Waals surface area contributed by atoms with Crippen LogP contribution in [0.2, 0.25) is 0 Å². The summed E-state index contributed by atoms with van der Waals surface area (Å²) in [4.78, 5) is 14.5. The highest BCUT2D eigenvalue weighted by molar-refractivity contribution is 7.89. The average molecular weight is 480 g/mol. The molecular weight excluding hydrogens is 449 g/mol. The number of methoxy groups -OCH3 is 1. The van der Waals surface area contributed by atoms with Gasteiger partial charge >= 0.3 is 0 Å². The van der Waals surface area contributed by atoms with E-state index in [-0.39, 0.29) is 23.2 Å². The highest BCUT2D eigenvalue weighted by Crippen LogP contribution is 2.30. The summed E-state index contributed by atoms with van der Waals surface area (Å²) in [5.41, 5.74) is 0.302. The van der Waals surface area contributed by atoms with Crippen LogP contribution in [0.5, 0.6) is 11.5 Å². The van der Waals surface area contributed by atoms with Crippen molar-refractivity contribution < 1.29 is 27.1 Å². The zero-order valence-electron chi connectivity index (χ0n) is 18.9. The lowest BCUT2D eigenvalue weighted by Gasteiger charge is -2.26. The molecule has 10 heteroatoms. The van der Waals surface area contributed by atoms with Gasteiger partial charge in [-0.1, -0.05) is 6.42 Å². The maximum Gasteiger partial charge on any atom is 0.243 e. The Bertz CT molecular complexity index is 1040. The molecule has 2 aromatic rings. The van der Waals surface area contributed by atoms with Crippen LogP contribution >= 0.6 is 0 Å². The number of likely N-dealkylation sites (N-methyl/N-ethyl adjacent to an activating group) is 1. The third kappa shape index (κ3) is 6.89. The van der Waals surface area contributed by atoms with Crippen LogP contribution in [-0.2, 0) is 14.8 Å². The molecule has 33 heavy (non-hydrogen) atoms. The van der Waals surface area contributed by atoms with Crippen LogP contribution in [-0.4, -0.2) is 70.5 Å². The number of amides is 1. The van der Waals surface area contributed by atoms with E-state index in [1.54, 1.807) is 30.1 Å².